The molecule has 1 aromatic rings. The lowest BCUT2D eigenvalue weighted by atomic mass is 10.0. The molecular weight excluding hydrogens is 282 g/mol. The molecule has 0 bridgehead atoms. The van der Waals surface area contributed by atoms with Crippen LogP contribution in [0.5, 0.6) is 0 Å². The third kappa shape index (κ3) is 3.91. The first-order chi connectivity index (χ1) is 10.5. The minimum absolute atomic E-state index is 0.132. The van der Waals surface area contributed by atoms with Crippen LogP contribution >= 0.6 is 0 Å². The molecule has 1 N–H and O–H groups in total. The molecule has 5 nitrogen and oxygen atoms in total. The number of nitrogens with one attached hydrogen (secondary N) is 1. The quantitative estimate of drug-likeness (QED) is 0.493. The van der Waals surface area contributed by atoms with Crippen LogP contribution in [0.2, 0.25) is 0 Å². The van der Waals surface area contributed by atoms with Crippen molar-refractivity contribution >= 4 is 17.8 Å². The number of aryl methyl sites for hydroxylation is 1. The highest BCUT2D eigenvalue weighted by molar-refractivity contribution is 6.17. The van der Waals surface area contributed by atoms with Crippen molar-refractivity contribution in [3.63, 3.8) is 0 Å². The topological polar surface area (TPSA) is 72.5 Å². The SMILES string of the molecule is C=CCc1ccc(COC(=O)CC2=CC(=O)NC2=O)c(C)c1. The standard InChI is InChI=1S/C17H17NO4/c1-3-4-12-5-6-13(11(2)7-12)10-22-16(20)9-14-8-15(19)18-17(14)21/h3,5-8H,1,4,9-10H2,2H3,(H,18,19,21). The van der Waals surface area contributed by atoms with Crippen molar-refractivity contribution in [2.75, 3.05) is 0 Å². The maximum atomic E-state index is 11.7. The van der Waals surface area contributed by atoms with Crippen LogP contribution in [0.1, 0.15) is 23.1 Å². The van der Waals surface area contributed by atoms with E-state index in [2.05, 4.69) is 11.9 Å². The Bertz CT molecular complexity index is 673. The van der Waals surface area contributed by atoms with Crippen LogP contribution in [0.3, 0.4) is 0 Å². The predicted molar refractivity (Wildman–Crippen MR) is 80.7 cm³/mol. The Kier molecular flexibility index (Phi) is 4.88. The summed E-state index contributed by atoms with van der Waals surface area (Å²) in [5, 5.41) is 2.09. The van der Waals surface area contributed by atoms with E-state index in [9.17, 15) is 14.4 Å². The zero-order chi connectivity index (χ0) is 16.1. The Labute approximate surface area is 128 Å². The van der Waals surface area contributed by atoms with Crippen LogP contribution < -0.4 is 5.32 Å². The predicted octanol–water partition coefficient (Wildman–Crippen LogP) is 1.74. The average Bonchev–Trinajstić information content (AvgIpc) is 2.76. The molecule has 22 heavy (non-hydrogen) atoms. The molecule has 2 rings (SSSR count). The summed E-state index contributed by atoms with van der Waals surface area (Å²) in [6.07, 6.45) is 3.54. The summed E-state index contributed by atoms with van der Waals surface area (Å²) in [5.41, 5.74) is 3.21. The fourth-order valence-corrected chi connectivity index (χ4v) is 2.16. The van der Waals surface area contributed by atoms with Crippen LogP contribution in [0, 0.1) is 6.92 Å². The van der Waals surface area contributed by atoms with Gasteiger partial charge in [-0.05, 0) is 30.0 Å². The highest BCUT2D eigenvalue weighted by Crippen LogP contribution is 2.15. The van der Waals surface area contributed by atoms with Gasteiger partial charge in [-0.1, -0.05) is 24.3 Å². The maximum absolute atomic E-state index is 11.7. The first kappa shape index (κ1) is 15.7. The lowest BCUT2D eigenvalue weighted by Crippen LogP contribution is -2.23. The Morgan fingerprint density at radius 2 is 2.14 bits per heavy atom. The van der Waals surface area contributed by atoms with Gasteiger partial charge in [-0.3, -0.25) is 19.7 Å². The lowest BCUT2D eigenvalue weighted by molar-refractivity contribution is -0.144. The Hall–Kier alpha value is -2.69. The number of rotatable bonds is 6. The molecule has 0 fully saturated rings. The van der Waals surface area contributed by atoms with E-state index in [0.717, 1.165) is 29.2 Å². The van der Waals surface area contributed by atoms with Crippen molar-refractivity contribution in [1.29, 1.82) is 0 Å². The van der Waals surface area contributed by atoms with Gasteiger partial charge in [-0.25, -0.2) is 0 Å². The molecule has 1 heterocycles. The summed E-state index contributed by atoms with van der Waals surface area (Å²) >= 11 is 0. The number of amides is 2. The molecule has 1 aromatic carbocycles. The zero-order valence-corrected chi connectivity index (χ0v) is 12.3. The van der Waals surface area contributed by atoms with Crippen LogP contribution in [0.15, 0.2) is 42.5 Å². The van der Waals surface area contributed by atoms with E-state index < -0.39 is 17.8 Å². The fraction of sp³-hybridized carbons (Fsp3) is 0.235. The highest BCUT2D eigenvalue weighted by atomic mass is 16.5. The van der Waals surface area contributed by atoms with Crippen LogP contribution in [0.4, 0.5) is 0 Å². The molecule has 0 unspecified atom stereocenters. The molecule has 1 aliphatic heterocycles. The van der Waals surface area contributed by atoms with Gasteiger partial charge in [-0.15, -0.1) is 6.58 Å². The second-order valence-electron chi connectivity index (χ2n) is 5.08. The number of imide groups is 1. The second-order valence-corrected chi connectivity index (χ2v) is 5.08. The van der Waals surface area contributed by atoms with Crippen LogP contribution in [-0.4, -0.2) is 17.8 Å². The average molecular weight is 299 g/mol. The normalized spacial score (nSPS) is 13.6. The summed E-state index contributed by atoms with van der Waals surface area (Å²) in [5.74, 6) is -1.57. The molecule has 1 aliphatic rings. The van der Waals surface area contributed by atoms with E-state index >= 15 is 0 Å². The molecule has 114 valence electrons. The van der Waals surface area contributed by atoms with Crippen molar-refractivity contribution in [2.45, 2.75) is 26.4 Å². The second kappa shape index (κ2) is 6.85. The molecule has 0 saturated carbocycles. The number of ether oxygens (including phenoxy) is 1. The van der Waals surface area contributed by atoms with Gasteiger partial charge in [0.05, 0.1) is 6.42 Å². The van der Waals surface area contributed by atoms with Crippen molar-refractivity contribution in [1.82, 2.24) is 5.32 Å². The minimum Gasteiger partial charge on any atom is -0.461 e. The third-order valence-electron chi connectivity index (χ3n) is 3.34. The summed E-state index contributed by atoms with van der Waals surface area (Å²) in [4.78, 5) is 34.1. The van der Waals surface area contributed by atoms with Gasteiger partial charge < -0.3 is 4.74 Å². The van der Waals surface area contributed by atoms with Crippen molar-refractivity contribution in [3.8, 4) is 0 Å². The Balaban J connectivity index is 1.91. The number of benzene rings is 1. The fourth-order valence-electron chi connectivity index (χ4n) is 2.16. The summed E-state index contributed by atoms with van der Waals surface area (Å²) in [6, 6.07) is 5.90. The lowest BCUT2D eigenvalue weighted by Gasteiger charge is -2.09. The van der Waals surface area contributed by atoms with Crippen molar-refractivity contribution in [3.05, 3.63) is 59.2 Å². The van der Waals surface area contributed by atoms with E-state index in [0.29, 0.717) is 0 Å². The molecule has 0 spiro atoms. The first-order valence-corrected chi connectivity index (χ1v) is 6.90. The maximum Gasteiger partial charge on any atom is 0.310 e. The zero-order valence-electron chi connectivity index (χ0n) is 12.3. The van der Waals surface area contributed by atoms with Gasteiger partial charge in [0, 0.05) is 11.6 Å². The van der Waals surface area contributed by atoms with Gasteiger partial charge in [0.2, 0.25) is 0 Å². The molecule has 0 aliphatic carbocycles. The summed E-state index contributed by atoms with van der Waals surface area (Å²) in [6.45, 7) is 5.78. The largest absolute Gasteiger partial charge is 0.461 e. The molecule has 0 atom stereocenters. The number of carbonyl (C=O) groups is 3. The highest BCUT2D eigenvalue weighted by Gasteiger charge is 2.23. The Morgan fingerprint density at radius 3 is 2.73 bits per heavy atom. The molecule has 2 amide bonds. The molecular formula is C17H17NO4. The molecule has 5 heteroatoms. The molecule has 0 aromatic heterocycles. The van der Waals surface area contributed by atoms with Gasteiger partial charge >= 0.3 is 5.97 Å². The van der Waals surface area contributed by atoms with E-state index in [-0.39, 0.29) is 18.6 Å². The number of esters is 1. The summed E-state index contributed by atoms with van der Waals surface area (Å²) < 4.78 is 5.16. The van der Waals surface area contributed by atoms with Crippen LogP contribution in [0.25, 0.3) is 0 Å². The molecule has 0 saturated heterocycles. The first-order valence-electron chi connectivity index (χ1n) is 6.90. The number of hydrogen-bond acceptors (Lipinski definition) is 4. The van der Waals surface area contributed by atoms with Gasteiger partial charge in [0.15, 0.2) is 0 Å². The third-order valence-corrected chi connectivity index (χ3v) is 3.34. The van der Waals surface area contributed by atoms with E-state index in [1.807, 2.05) is 31.2 Å². The monoisotopic (exact) mass is 299 g/mol. The smallest absolute Gasteiger partial charge is 0.310 e. The van der Waals surface area contributed by atoms with Crippen molar-refractivity contribution < 1.29 is 19.1 Å². The van der Waals surface area contributed by atoms with E-state index in [4.69, 9.17) is 4.74 Å². The number of hydrogen-bond donors (Lipinski definition) is 1. The van der Waals surface area contributed by atoms with Crippen LogP contribution in [-0.2, 0) is 32.1 Å². The van der Waals surface area contributed by atoms with Gasteiger partial charge in [0.25, 0.3) is 11.8 Å². The summed E-state index contributed by atoms with van der Waals surface area (Å²) in [7, 11) is 0. The Morgan fingerprint density at radius 1 is 1.36 bits per heavy atom. The minimum atomic E-state index is -0.536. The van der Waals surface area contributed by atoms with E-state index in [1.165, 1.54) is 0 Å². The van der Waals surface area contributed by atoms with Gasteiger partial charge in [-0.2, -0.15) is 0 Å². The number of carbonyl (C=O) groups excluding carboxylic acids is 3. The van der Waals surface area contributed by atoms with Crippen molar-refractivity contribution in [2.24, 2.45) is 0 Å². The van der Waals surface area contributed by atoms with Gasteiger partial charge in [0.1, 0.15) is 6.61 Å². The molecule has 0 radical (unpaired) electrons. The number of allylic oxidation sites excluding steroid dienone is 1. The van der Waals surface area contributed by atoms with E-state index in [1.54, 1.807) is 0 Å².